The number of hydrogen-bond donors (Lipinski definition) is 0. The zero-order chi connectivity index (χ0) is 24.2. The zero-order valence-corrected chi connectivity index (χ0v) is 20.1. The SMILES string of the molecule is CC.CCOC(=O)[C@@H]1[C@@H]2CC[C@H](CN1S(=O)(=O)c1ccc(Oc3ccc(F)cc3)nc1)N2C. The van der Waals surface area contributed by atoms with E-state index < -0.39 is 22.0 Å². The van der Waals surface area contributed by atoms with Crippen LogP contribution in [-0.4, -0.2) is 66.9 Å². The number of sulfonamides is 1. The van der Waals surface area contributed by atoms with E-state index in [4.69, 9.17) is 9.47 Å². The maximum Gasteiger partial charge on any atom is 0.326 e. The van der Waals surface area contributed by atoms with Crippen molar-refractivity contribution in [2.45, 2.75) is 56.6 Å². The third-order valence-electron chi connectivity index (χ3n) is 5.84. The van der Waals surface area contributed by atoms with Crippen molar-refractivity contribution in [3.63, 3.8) is 0 Å². The Hall–Kier alpha value is -2.56. The highest BCUT2D eigenvalue weighted by Gasteiger charge is 2.52. The first kappa shape index (κ1) is 25.1. The summed E-state index contributed by atoms with van der Waals surface area (Å²) in [5.41, 5.74) is 0. The van der Waals surface area contributed by atoms with Gasteiger partial charge in [-0.15, -0.1) is 0 Å². The minimum Gasteiger partial charge on any atom is -0.465 e. The number of aromatic nitrogens is 1. The van der Waals surface area contributed by atoms with Gasteiger partial charge in [0.15, 0.2) is 0 Å². The largest absolute Gasteiger partial charge is 0.465 e. The lowest BCUT2D eigenvalue weighted by Crippen LogP contribution is -2.62. The molecular weight excluding hydrogens is 449 g/mol. The van der Waals surface area contributed by atoms with Crippen LogP contribution in [0.3, 0.4) is 0 Å². The number of carbonyl (C=O) groups is 1. The standard InChI is InChI=1S/C21H24FN3O5S.C2H6/c1-3-29-21(26)20-18-10-6-15(24(18)2)13-25(20)31(27,28)17-9-11-19(23-12-17)30-16-7-4-14(22)5-8-16;1-2/h4-5,7-9,11-12,15,18,20H,3,6,10,13H2,1-2H3;1-2H3/t15-,18+,20+;/m1./s1. The van der Waals surface area contributed by atoms with Gasteiger partial charge in [0, 0.05) is 24.7 Å². The Morgan fingerprint density at radius 1 is 1.15 bits per heavy atom. The number of fused-ring (bicyclic) bond motifs is 2. The highest BCUT2D eigenvalue weighted by Crippen LogP contribution is 2.36. The molecule has 2 aromatic rings. The third-order valence-corrected chi connectivity index (χ3v) is 7.67. The number of rotatable bonds is 6. The van der Waals surface area contributed by atoms with Gasteiger partial charge in [0.1, 0.15) is 22.5 Å². The molecule has 180 valence electrons. The molecule has 0 aliphatic carbocycles. The Morgan fingerprint density at radius 2 is 1.85 bits per heavy atom. The molecule has 1 aromatic heterocycles. The van der Waals surface area contributed by atoms with Crippen molar-refractivity contribution in [3.8, 4) is 11.6 Å². The monoisotopic (exact) mass is 479 g/mol. The topological polar surface area (TPSA) is 89.0 Å². The Balaban J connectivity index is 0.00000149. The van der Waals surface area contributed by atoms with Gasteiger partial charge < -0.3 is 9.47 Å². The first-order valence-corrected chi connectivity index (χ1v) is 12.5. The van der Waals surface area contributed by atoms with E-state index in [-0.39, 0.29) is 41.8 Å². The molecule has 2 aliphatic rings. The molecule has 0 amide bonds. The van der Waals surface area contributed by atoms with Crippen LogP contribution in [0.5, 0.6) is 11.6 Å². The second-order valence-corrected chi connectivity index (χ2v) is 9.51. The van der Waals surface area contributed by atoms with Crippen molar-refractivity contribution in [2.75, 3.05) is 20.2 Å². The number of benzene rings is 1. The Labute approximate surface area is 194 Å². The number of nitrogens with zero attached hydrogens (tertiary/aromatic N) is 3. The van der Waals surface area contributed by atoms with Gasteiger partial charge in [-0.05, 0) is 57.1 Å². The quantitative estimate of drug-likeness (QED) is 0.587. The van der Waals surface area contributed by atoms with Crippen LogP contribution in [0.15, 0.2) is 47.5 Å². The summed E-state index contributed by atoms with van der Waals surface area (Å²) in [5.74, 6) is -0.375. The van der Waals surface area contributed by atoms with E-state index in [9.17, 15) is 17.6 Å². The van der Waals surface area contributed by atoms with Crippen molar-refractivity contribution in [1.82, 2.24) is 14.2 Å². The second kappa shape index (κ2) is 10.6. The lowest BCUT2D eigenvalue weighted by atomic mass is 10.1. The van der Waals surface area contributed by atoms with Gasteiger partial charge in [-0.25, -0.2) is 17.8 Å². The Bertz CT molecular complexity index is 1050. The molecule has 2 fully saturated rings. The van der Waals surface area contributed by atoms with Gasteiger partial charge >= 0.3 is 5.97 Å². The average Bonchev–Trinajstić information content (AvgIpc) is 3.04. The number of piperazine rings is 1. The smallest absolute Gasteiger partial charge is 0.326 e. The third kappa shape index (κ3) is 5.18. The van der Waals surface area contributed by atoms with E-state index in [0.717, 1.165) is 12.8 Å². The molecule has 0 unspecified atom stereocenters. The molecule has 8 nitrogen and oxygen atoms in total. The molecule has 0 N–H and O–H groups in total. The number of esters is 1. The summed E-state index contributed by atoms with van der Waals surface area (Å²) in [4.78, 5) is 18.8. The minimum atomic E-state index is -3.98. The van der Waals surface area contributed by atoms with E-state index in [0.29, 0.717) is 5.75 Å². The van der Waals surface area contributed by atoms with Crippen LogP contribution in [0.4, 0.5) is 4.39 Å². The highest BCUT2D eigenvalue weighted by atomic mass is 32.2. The summed E-state index contributed by atoms with van der Waals surface area (Å²) in [7, 11) is -2.06. The van der Waals surface area contributed by atoms with Crippen molar-refractivity contribution in [1.29, 1.82) is 0 Å². The Kier molecular flexibility index (Phi) is 8.04. The fourth-order valence-corrected chi connectivity index (χ4v) is 5.83. The van der Waals surface area contributed by atoms with Crippen molar-refractivity contribution in [3.05, 3.63) is 48.4 Å². The minimum absolute atomic E-state index is 0.0304. The Morgan fingerprint density at radius 3 is 2.45 bits per heavy atom. The van der Waals surface area contributed by atoms with Gasteiger partial charge in [-0.2, -0.15) is 4.31 Å². The molecule has 3 heterocycles. The van der Waals surface area contributed by atoms with E-state index in [1.165, 1.54) is 46.9 Å². The highest BCUT2D eigenvalue weighted by molar-refractivity contribution is 7.89. The van der Waals surface area contributed by atoms with E-state index in [2.05, 4.69) is 9.88 Å². The molecule has 2 bridgehead atoms. The summed E-state index contributed by atoms with van der Waals surface area (Å²) in [6, 6.07) is 7.17. The van der Waals surface area contributed by atoms with Gasteiger partial charge in [-0.1, -0.05) is 13.8 Å². The number of halogens is 1. The molecule has 0 radical (unpaired) electrons. The number of carbonyl (C=O) groups excluding carboxylic acids is 1. The predicted octanol–water partition coefficient (Wildman–Crippen LogP) is 3.44. The molecule has 1 aromatic carbocycles. The van der Waals surface area contributed by atoms with Gasteiger partial charge in [0.05, 0.1) is 12.8 Å². The molecule has 0 spiro atoms. The van der Waals surface area contributed by atoms with Gasteiger partial charge in [-0.3, -0.25) is 9.69 Å². The second-order valence-electron chi connectivity index (χ2n) is 7.62. The maximum atomic E-state index is 13.4. The molecule has 2 saturated heterocycles. The van der Waals surface area contributed by atoms with Crippen LogP contribution >= 0.6 is 0 Å². The predicted molar refractivity (Wildman–Crippen MR) is 121 cm³/mol. The summed E-state index contributed by atoms with van der Waals surface area (Å²) < 4.78 is 51.8. The molecule has 33 heavy (non-hydrogen) atoms. The van der Waals surface area contributed by atoms with Crippen LogP contribution in [0.1, 0.15) is 33.6 Å². The fraction of sp³-hybridized carbons (Fsp3) is 0.478. The molecule has 4 rings (SSSR count). The summed E-state index contributed by atoms with van der Waals surface area (Å²) in [6.45, 7) is 6.09. The number of ether oxygens (including phenoxy) is 2. The molecule has 2 aliphatic heterocycles. The van der Waals surface area contributed by atoms with E-state index in [1.54, 1.807) is 6.92 Å². The molecule has 3 atom stereocenters. The van der Waals surface area contributed by atoms with Crippen LogP contribution in [0, 0.1) is 5.82 Å². The molecular formula is C23H30FN3O5S. The molecule has 0 saturated carbocycles. The van der Waals surface area contributed by atoms with Crippen molar-refractivity contribution in [2.24, 2.45) is 0 Å². The van der Waals surface area contributed by atoms with E-state index in [1.807, 2.05) is 20.9 Å². The first-order chi connectivity index (χ1) is 15.8. The van der Waals surface area contributed by atoms with Crippen LogP contribution in [-0.2, 0) is 19.6 Å². The molecule has 10 heteroatoms. The number of hydrogen-bond acceptors (Lipinski definition) is 7. The van der Waals surface area contributed by atoms with Crippen LogP contribution in [0.2, 0.25) is 0 Å². The van der Waals surface area contributed by atoms with Crippen molar-refractivity contribution >= 4 is 16.0 Å². The normalized spacial score (nSPS) is 22.9. The van der Waals surface area contributed by atoms with Crippen LogP contribution < -0.4 is 4.74 Å². The maximum absolute atomic E-state index is 13.4. The van der Waals surface area contributed by atoms with Gasteiger partial charge in [0.2, 0.25) is 15.9 Å². The lowest BCUT2D eigenvalue weighted by molar-refractivity contribution is -0.151. The van der Waals surface area contributed by atoms with E-state index >= 15 is 0 Å². The first-order valence-electron chi connectivity index (χ1n) is 11.1. The summed E-state index contributed by atoms with van der Waals surface area (Å²) >= 11 is 0. The summed E-state index contributed by atoms with van der Waals surface area (Å²) in [6.07, 6.45) is 2.77. The van der Waals surface area contributed by atoms with Crippen molar-refractivity contribution < 1.29 is 27.1 Å². The van der Waals surface area contributed by atoms with Crippen LogP contribution in [0.25, 0.3) is 0 Å². The number of likely N-dealkylation sites (N-methyl/N-ethyl adjacent to an activating group) is 1. The number of pyridine rings is 1. The lowest BCUT2D eigenvalue weighted by Gasteiger charge is -2.43. The zero-order valence-electron chi connectivity index (χ0n) is 19.3. The van der Waals surface area contributed by atoms with Gasteiger partial charge in [0.25, 0.3) is 0 Å². The fourth-order valence-electron chi connectivity index (χ4n) is 4.24. The average molecular weight is 480 g/mol. The summed E-state index contributed by atoms with van der Waals surface area (Å²) in [5, 5.41) is 0.